The molecule has 0 radical (unpaired) electrons. The summed E-state index contributed by atoms with van der Waals surface area (Å²) in [6, 6.07) is 13.9. The number of ketones is 1. The lowest BCUT2D eigenvalue weighted by atomic mass is 10.0. The maximum Gasteiger partial charge on any atom is 0.221 e. The van der Waals surface area contributed by atoms with Gasteiger partial charge in [0.25, 0.3) is 0 Å². The molecule has 1 aromatic carbocycles. The van der Waals surface area contributed by atoms with Gasteiger partial charge in [-0.3, -0.25) is 14.6 Å². The van der Waals surface area contributed by atoms with E-state index in [1.165, 1.54) is 5.56 Å². The number of benzene rings is 1. The van der Waals surface area contributed by atoms with E-state index in [1.807, 2.05) is 49.4 Å². The number of Topliss-reactive ketones (excluding diaryl/α,β-unsaturated/α-hetero) is 1. The van der Waals surface area contributed by atoms with E-state index in [0.29, 0.717) is 12.2 Å². The van der Waals surface area contributed by atoms with Crippen LogP contribution in [0.3, 0.4) is 0 Å². The highest BCUT2D eigenvalue weighted by Crippen LogP contribution is 2.29. The molecule has 0 spiro atoms. The van der Waals surface area contributed by atoms with Crippen LogP contribution in [-0.4, -0.2) is 26.6 Å². The number of nitrogens with zero attached hydrogens (tertiary/aromatic N) is 2. The molecule has 2 aromatic heterocycles. The van der Waals surface area contributed by atoms with Gasteiger partial charge in [-0.2, -0.15) is 0 Å². The number of rotatable bonds is 6. The first-order chi connectivity index (χ1) is 14.1. The number of pyridine rings is 1. The van der Waals surface area contributed by atoms with E-state index in [0.717, 1.165) is 35.5 Å². The van der Waals surface area contributed by atoms with Crippen LogP contribution < -0.4 is 5.32 Å². The van der Waals surface area contributed by atoms with Gasteiger partial charge in [0, 0.05) is 30.5 Å². The van der Waals surface area contributed by atoms with Crippen molar-refractivity contribution in [1.82, 2.24) is 20.3 Å². The van der Waals surface area contributed by atoms with Crippen molar-refractivity contribution >= 4 is 11.7 Å². The number of carbonyl (C=O) groups is 2. The summed E-state index contributed by atoms with van der Waals surface area (Å²) in [6.07, 6.45) is 4.31. The lowest BCUT2D eigenvalue weighted by molar-refractivity contribution is -0.127. The smallest absolute Gasteiger partial charge is 0.221 e. The minimum Gasteiger partial charge on any atom is -0.349 e. The van der Waals surface area contributed by atoms with Gasteiger partial charge in [0.15, 0.2) is 0 Å². The minimum absolute atomic E-state index is 0.113. The van der Waals surface area contributed by atoms with E-state index in [1.54, 1.807) is 6.20 Å². The second-order valence-electron chi connectivity index (χ2n) is 7.52. The number of aromatic amines is 1. The number of nitrogens with one attached hydrogen (secondary N) is 2. The van der Waals surface area contributed by atoms with E-state index < -0.39 is 0 Å². The van der Waals surface area contributed by atoms with Gasteiger partial charge in [0.1, 0.15) is 11.6 Å². The predicted octanol–water partition coefficient (Wildman–Crippen LogP) is 3.82. The van der Waals surface area contributed by atoms with Gasteiger partial charge < -0.3 is 10.3 Å². The van der Waals surface area contributed by atoms with Crippen molar-refractivity contribution in [2.24, 2.45) is 5.92 Å². The zero-order valence-electron chi connectivity index (χ0n) is 16.4. The SMILES string of the molecule is Cc1ccc(-c2nc(CNC(=O)CC3CCCC3=O)[nH]c2-c2ccccn2)cc1. The highest BCUT2D eigenvalue weighted by molar-refractivity contribution is 5.88. The van der Waals surface area contributed by atoms with Gasteiger partial charge in [-0.1, -0.05) is 35.9 Å². The summed E-state index contributed by atoms with van der Waals surface area (Å²) in [5, 5.41) is 2.89. The maximum atomic E-state index is 12.3. The van der Waals surface area contributed by atoms with Crippen molar-refractivity contribution in [3.05, 3.63) is 60.0 Å². The lowest BCUT2D eigenvalue weighted by Crippen LogP contribution is -2.26. The molecule has 1 atom stereocenters. The second kappa shape index (κ2) is 8.39. The predicted molar refractivity (Wildman–Crippen MR) is 111 cm³/mol. The molecule has 4 rings (SSSR count). The molecule has 0 bridgehead atoms. The largest absolute Gasteiger partial charge is 0.349 e. The summed E-state index contributed by atoms with van der Waals surface area (Å²) < 4.78 is 0. The number of H-pyrrole nitrogens is 1. The van der Waals surface area contributed by atoms with Gasteiger partial charge in [0.2, 0.25) is 5.91 Å². The highest BCUT2D eigenvalue weighted by atomic mass is 16.2. The Kier molecular flexibility index (Phi) is 5.51. The third-order valence-corrected chi connectivity index (χ3v) is 5.31. The van der Waals surface area contributed by atoms with Crippen molar-refractivity contribution in [3.63, 3.8) is 0 Å². The van der Waals surface area contributed by atoms with Crippen molar-refractivity contribution in [2.75, 3.05) is 0 Å². The molecule has 1 aliphatic carbocycles. The molecule has 6 nitrogen and oxygen atoms in total. The number of aryl methyl sites for hydroxylation is 1. The standard InChI is InChI=1S/C23H24N4O2/c1-15-8-10-16(11-9-15)22-23(18-6-2-3-12-24-18)27-20(26-22)14-25-21(29)13-17-5-4-7-19(17)28/h2-3,6,8-12,17H,4-5,7,13-14H2,1H3,(H,25,29)(H,26,27). The Morgan fingerprint density at radius 1 is 1.21 bits per heavy atom. The Bertz CT molecular complexity index is 1010. The molecule has 0 saturated heterocycles. The maximum absolute atomic E-state index is 12.3. The molecular weight excluding hydrogens is 364 g/mol. The topological polar surface area (TPSA) is 87.7 Å². The Morgan fingerprint density at radius 3 is 2.72 bits per heavy atom. The van der Waals surface area contributed by atoms with Crippen molar-refractivity contribution in [3.8, 4) is 22.6 Å². The van der Waals surface area contributed by atoms with Crippen LogP contribution in [0.15, 0.2) is 48.7 Å². The molecule has 1 amide bonds. The van der Waals surface area contributed by atoms with Gasteiger partial charge in [-0.15, -0.1) is 0 Å². The van der Waals surface area contributed by atoms with Gasteiger partial charge >= 0.3 is 0 Å². The highest BCUT2D eigenvalue weighted by Gasteiger charge is 2.26. The van der Waals surface area contributed by atoms with Crippen LogP contribution in [-0.2, 0) is 16.1 Å². The first-order valence-electron chi connectivity index (χ1n) is 9.97. The van der Waals surface area contributed by atoms with E-state index in [4.69, 9.17) is 4.98 Å². The lowest BCUT2D eigenvalue weighted by Gasteiger charge is -2.07. The Hall–Kier alpha value is -3.28. The molecule has 148 valence electrons. The van der Waals surface area contributed by atoms with Crippen LogP contribution in [0.5, 0.6) is 0 Å². The molecule has 1 aliphatic rings. The monoisotopic (exact) mass is 388 g/mol. The van der Waals surface area contributed by atoms with Crippen LogP contribution in [0.2, 0.25) is 0 Å². The number of hydrogen-bond donors (Lipinski definition) is 2. The summed E-state index contributed by atoms with van der Waals surface area (Å²) in [7, 11) is 0. The second-order valence-corrected chi connectivity index (χ2v) is 7.52. The average Bonchev–Trinajstić information content (AvgIpc) is 3.34. The van der Waals surface area contributed by atoms with E-state index in [9.17, 15) is 9.59 Å². The van der Waals surface area contributed by atoms with Crippen molar-refractivity contribution < 1.29 is 9.59 Å². The number of imidazole rings is 1. The first kappa shape index (κ1) is 19.1. The third-order valence-electron chi connectivity index (χ3n) is 5.31. The van der Waals surface area contributed by atoms with Crippen LogP contribution in [0, 0.1) is 12.8 Å². The average molecular weight is 388 g/mol. The summed E-state index contributed by atoms with van der Waals surface area (Å²) in [4.78, 5) is 36.5. The molecule has 29 heavy (non-hydrogen) atoms. The van der Waals surface area contributed by atoms with Crippen LogP contribution in [0.1, 0.15) is 37.1 Å². The third kappa shape index (κ3) is 4.42. The zero-order chi connectivity index (χ0) is 20.2. The molecule has 2 N–H and O–H groups in total. The minimum atomic E-state index is -0.126. The van der Waals surface area contributed by atoms with Crippen molar-refractivity contribution in [1.29, 1.82) is 0 Å². The Labute approximate surface area is 169 Å². The van der Waals surface area contributed by atoms with Crippen LogP contribution in [0.25, 0.3) is 22.6 Å². The fourth-order valence-electron chi connectivity index (χ4n) is 3.70. The van der Waals surface area contributed by atoms with Gasteiger partial charge in [-0.05, 0) is 31.9 Å². The normalized spacial score (nSPS) is 16.2. The molecule has 3 aromatic rings. The van der Waals surface area contributed by atoms with Gasteiger partial charge in [0.05, 0.1) is 23.6 Å². The number of carbonyl (C=O) groups excluding carboxylic acids is 2. The molecular formula is C23H24N4O2. The number of amides is 1. The molecule has 2 heterocycles. The van der Waals surface area contributed by atoms with Crippen molar-refractivity contribution in [2.45, 2.75) is 39.2 Å². The van der Waals surface area contributed by atoms with Gasteiger partial charge in [-0.25, -0.2) is 4.98 Å². The number of aromatic nitrogens is 3. The molecule has 1 saturated carbocycles. The first-order valence-corrected chi connectivity index (χ1v) is 9.97. The molecule has 1 fully saturated rings. The van der Waals surface area contributed by atoms with Crippen LogP contribution >= 0.6 is 0 Å². The zero-order valence-corrected chi connectivity index (χ0v) is 16.4. The fraction of sp³-hybridized carbons (Fsp3) is 0.304. The summed E-state index contributed by atoms with van der Waals surface area (Å²) >= 11 is 0. The summed E-state index contributed by atoms with van der Waals surface area (Å²) in [6.45, 7) is 2.33. The quantitative estimate of drug-likeness (QED) is 0.672. The molecule has 6 heteroatoms. The van der Waals surface area contributed by atoms with E-state index >= 15 is 0 Å². The summed E-state index contributed by atoms with van der Waals surface area (Å²) in [5.41, 5.74) is 4.59. The summed E-state index contributed by atoms with van der Waals surface area (Å²) in [5.74, 6) is 0.626. The fourth-order valence-corrected chi connectivity index (χ4v) is 3.70. The number of hydrogen-bond acceptors (Lipinski definition) is 4. The van der Waals surface area contributed by atoms with E-state index in [-0.39, 0.29) is 30.6 Å². The Balaban J connectivity index is 1.54. The van der Waals surface area contributed by atoms with E-state index in [2.05, 4.69) is 15.3 Å². The van der Waals surface area contributed by atoms with Crippen LogP contribution in [0.4, 0.5) is 0 Å². The molecule has 0 aliphatic heterocycles. The molecule has 1 unspecified atom stereocenters. The Morgan fingerprint density at radius 2 is 2.03 bits per heavy atom.